The summed E-state index contributed by atoms with van der Waals surface area (Å²) in [4.78, 5) is 81.8. The summed E-state index contributed by atoms with van der Waals surface area (Å²) < 4.78 is 12.8. The normalized spacial score (nSPS) is 26.4. The van der Waals surface area contributed by atoms with Gasteiger partial charge in [-0.25, -0.2) is 0 Å². The van der Waals surface area contributed by atoms with Crippen molar-refractivity contribution in [1.29, 1.82) is 0 Å². The lowest BCUT2D eigenvalue weighted by Gasteiger charge is -2.64. The number of hydrogen-bond acceptors (Lipinski definition) is 10. The van der Waals surface area contributed by atoms with Crippen LogP contribution in [0.1, 0.15) is 116 Å². The van der Waals surface area contributed by atoms with Gasteiger partial charge in [0.25, 0.3) is 5.91 Å². The molecule has 3 saturated carbocycles. The van der Waals surface area contributed by atoms with E-state index in [2.05, 4.69) is 73.2 Å². The number of rotatable bonds is 20. The van der Waals surface area contributed by atoms with Gasteiger partial charge < -0.3 is 52.0 Å². The van der Waals surface area contributed by atoms with Gasteiger partial charge in [-0.2, -0.15) is 0 Å². The number of aliphatic hydroxyl groups excluding tert-OH is 1. The van der Waals surface area contributed by atoms with E-state index in [9.17, 15) is 33.9 Å². The highest BCUT2D eigenvalue weighted by Gasteiger charge is 2.68. The van der Waals surface area contributed by atoms with Crippen molar-refractivity contribution >= 4 is 42.6 Å². The van der Waals surface area contributed by atoms with Gasteiger partial charge in [-0.15, -0.1) is 0 Å². The number of nitrogens with two attached hydrogens (primary N) is 2. The molecule has 65 heavy (non-hydrogen) atoms. The lowest BCUT2D eigenvalue weighted by atomic mass is 9.43. The summed E-state index contributed by atoms with van der Waals surface area (Å²) in [6.07, 6.45) is 5.95. The van der Waals surface area contributed by atoms with Crippen molar-refractivity contribution in [2.45, 2.75) is 154 Å². The monoisotopic (exact) mass is 900 g/mol. The molecule has 5 fully saturated rings. The first-order valence-corrected chi connectivity index (χ1v) is 23.5. The van der Waals surface area contributed by atoms with Gasteiger partial charge in [0.1, 0.15) is 24.2 Å². The van der Waals surface area contributed by atoms with Crippen molar-refractivity contribution < 1.29 is 43.2 Å². The zero-order chi connectivity index (χ0) is 47.4. The predicted octanol–water partition coefficient (Wildman–Crippen LogP) is 2.77. The van der Waals surface area contributed by atoms with Gasteiger partial charge in [-0.3, -0.25) is 28.8 Å². The number of primary amides is 1. The van der Waals surface area contributed by atoms with Crippen molar-refractivity contribution in [3.05, 3.63) is 59.7 Å². The first kappa shape index (κ1) is 49.6. The number of nitrogens with one attached hydrogen (secondary N) is 4. The molecule has 0 spiro atoms. The minimum Gasteiger partial charge on any atom is -0.404 e. The summed E-state index contributed by atoms with van der Waals surface area (Å²) in [6, 6.07) is 10.4. The quantitative estimate of drug-likeness (QED) is 0.0757. The highest BCUT2D eigenvalue weighted by molar-refractivity contribution is 6.47. The summed E-state index contributed by atoms with van der Waals surface area (Å²) in [7, 11) is -0.750. The van der Waals surface area contributed by atoms with Crippen LogP contribution in [0.3, 0.4) is 0 Å². The number of nitrogens with zero attached hydrogens (tertiary/aromatic N) is 1. The molecule has 7 rings (SSSR count). The van der Waals surface area contributed by atoms with E-state index in [-0.39, 0.29) is 42.9 Å². The lowest BCUT2D eigenvalue weighted by Crippen LogP contribution is -2.65. The van der Waals surface area contributed by atoms with Crippen LogP contribution in [0.15, 0.2) is 48.5 Å². The second-order valence-corrected chi connectivity index (χ2v) is 19.7. The van der Waals surface area contributed by atoms with Gasteiger partial charge in [-0.05, 0) is 118 Å². The van der Waals surface area contributed by atoms with Crippen LogP contribution in [0, 0.1) is 23.2 Å². The van der Waals surface area contributed by atoms with Crippen LogP contribution in [0.2, 0.25) is 0 Å². The third-order valence-corrected chi connectivity index (χ3v) is 14.6. The van der Waals surface area contributed by atoms with E-state index in [1.165, 1.54) is 43.6 Å². The predicted molar refractivity (Wildman–Crippen MR) is 246 cm³/mol. The fraction of sp³-hybridized carbons (Fsp3) is 0.625. The Kier molecular flexibility index (Phi) is 15.8. The maximum absolute atomic E-state index is 13.9. The van der Waals surface area contributed by atoms with Crippen molar-refractivity contribution in [3.8, 4) is 11.1 Å². The number of unbranched alkanes of at least 4 members (excludes halogenated alkanes) is 3. The fourth-order valence-corrected chi connectivity index (χ4v) is 10.4. The number of hydrogen-bond donors (Lipinski definition) is 7. The van der Waals surface area contributed by atoms with Crippen molar-refractivity contribution in [3.63, 3.8) is 0 Å². The standard InChI is InChI=1S/C48H70BN7O9/c1-8-9-10-11-12-30-13-15-32(16-14-30)33-17-19-34(20-18-33)46(63)56-26-31(25-50)21-37(56)44(61)55-41(28(3)57)45(62)52-27(2)42(59)54-36(24-40(51)58)43(60)53-29(4)49-64-39-23-35-22-38(47(35,5)6)48(39,7)65-49/h13-20,27-29,31,35-39,41,57H,8-12,21-26,50H2,1-7H3,(H2,51,58)(H,52,62)(H,53,60)(H,54,59)(H,55,61)/t27-,28-,29-,31?,35-,36-,37-,38-,39+,41-,48-/m0/s1. The average molecular weight is 900 g/mol. The molecule has 2 aromatic carbocycles. The smallest absolute Gasteiger partial charge is 0.404 e. The number of aryl methyl sites for hydroxylation is 1. The molecule has 1 unspecified atom stereocenters. The topological polar surface area (TPSA) is 245 Å². The van der Waals surface area contributed by atoms with Crippen LogP contribution >= 0.6 is 0 Å². The summed E-state index contributed by atoms with van der Waals surface area (Å²) >= 11 is 0. The second kappa shape index (κ2) is 20.8. The van der Waals surface area contributed by atoms with Crippen LogP contribution in [0.4, 0.5) is 0 Å². The van der Waals surface area contributed by atoms with Crippen LogP contribution < -0.4 is 32.7 Å². The Labute approximate surface area is 383 Å². The largest absolute Gasteiger partial charge is 0.481 e. The van der Waals surface area contributed by atoms with E-state index in [4.69, 9.17) is 20.8 Å². The van der Waals surface area contributed by atoms with Gasteiger partial charge in [0.15, 0.2) is 0 Å². The Morgan fingerprint density at radius 2 is 1.51 bits per heavy atom. The SMILES string of the molecule is CCCCCCc1ccc(-c2ccc(C(=O)N3CC(CN)C[C@H]3C(=O)N[C@H](C(=O)N[C@@H](C)C(=O)N[C@@H](CC(N)=O)C(=O)N[C@@H](C)B3O[C@@H]4C[C@@H]5C[C@@H](C5(C)C)[C@]4(C)O3)[C@H](C)O)cc2)cc1. The Balaban J connectivity index is 1.03. The average Bonchev–Trinajstić information content (AvgIpc) is 3.88. The van der Waals surface area contributed by atoms with Crippen LogP contribution in [0.25, 0.3) is 11.1 Å². The van der Waals surface area contributed by atoms with Gasteiger partial charge in [0.05, 0.1) is 30.2 Å². The molecule has 6 amide bonds. The maximum Gasteiger partial charge on any atom is 0.481 e. The Morgan fingerprint density at radius 3 is 2.11 bits per heavy atom. The molecular formula is C48H70BN7O9. The molecule has 17 heteroatoms. The van der Waals surface area contributed by atoms with Crippen molar-refractivity contribution in [2.24, 2.45) is 34.6 Å². The Hall–Kier alpha value is -4.84. The first-order valence-electron chi connectivity index (χ1n) is 23.5. The number of amides is 6. The molecular weight excluding hydrogens is 829 g/mol. The summed E-state index contributed by atoms with van der Waals surface area (Å²) in [5, 5.41) is 21.1. The Morgan fingerprint density at radius 1 is 0.846 bits per heavy atom. The zero-order valence-electron chi connectivity index (χ0n) is 39.1. The third kappa shape index (κ3) is 11.1. The van der Waals surface area contributed by atoms with Crippen molar-refractivity contribution in [2.75, 3.05) is 13.1 Å². The van der Waals surface area contributed by atoms with Gasteiger partial charge >= 0.3 is 7.12 Å². The minimum atomic E-state index is -1.52. The van der Waals surface area contributed by atoms with Gasteiger partial charge in [-0.1, -0.05) is 76.4 Å². The van der Waals surface area contributed by atoms with E-state index in [1.807, 2.05) is 12.1 Å². The number of carbonyl (C=O) groups is 6. The molecule has 2 aromatic rings. The van der Waals surface area contributed by atoms with Gasteiger partial charge in [0.2, 0.25) is 29.5 Å². The summed E-state index contributed by atoms with van der Waals surface area (Å²) in [5.41, 5.74) is 14.7. The van der Waals surface area contributed by atoms with Crippen LogP contribution in [0.5, 0.6) is 0 Å². The van der Waals surface area contributed by atoms with Gasteiger partial charge in [0, 0.05) is 12.1 Å². The van der Waals surface area contributed by atoms with E-state index in [0.717, 1.165) is 36.8 Å². The number of carbonyl (C=O) groups excluding carboxylic acids is 6. The lowest BCUT2D eigenvalue weighted by molar-refractivity contribution is -0.199. The van der Waals surface area contributed by atoms with Crippen LogP contribution in [-0.2, 0) is 39.7 Å². The minimum absolute atomic E-state index is 0.117. The molecule has 3 aliphatic carbocycles. The number of benzene rings is 2. The second-order valence-electron chi connectivity index (χ2n) is 19.7. The number of likely N-dealkylation sites (tertiary alicyclic amines) is 1. The third-order valence-electron chi connectivity index (χ3n) is 14.6. The molecule has 0 radical (unpaired) electrons. The van der Waals surface area contributed by atoms with E-state index < -0.39 is 84.9 Å². The molecule has 2 bridgehead atoms. The van der Waals surface area contributed by atoms with E-state index in [1.54, 1.807) is 19.1 Å². The molecule has 0 aromatic heterocycles. The Bertz CT molecular complexity index is 2050. The first-order chi connectivity index (χ1) is 30.8. The van der Waals surface area contributed by atoms with E-state index in [0.29, 0.717) is 17.4 Å². The molecule has 354 valence electrons. The molecule has 16 nitrogen and oxygen atoms in total. The fourth-order valence-electron chi connectivity index (χ4n) is 10.4. The zero-order valence-corrected chi connectivity index (χ0v) is 39.1. The molecule has 11 atom stereocenters. The highest BCUT2D eigenvalue weighted by Crippen LogP contribution is 2.65. The summed E-state index contributed by atoms with van der Waals surface area (Å²) in [6.45, 7) is 13.6. The van der Waals surface area contributed by atoms with Crippen LogP contribution in [-0.4, -0.2) is 114 Å². The molecule has 2 aliphatic heterocycles. The van der Waals surface area contributed by atoms with Crippen molar-refractivity contribution in [1.82, 2.24) is 26.2 Å². The maximum atomic E-state index is 13.9. The molecule has 5 aliphatic rings. The highest BCUT2D eigenvalue weighted by atomic mass is 16.7. The molecule has 9 N–H and O–H groups in total. The summed E-state index contributed by atoms with van der Waals surface area (Å²) in [5.74, 6) is -4.29. The number of aliphatic hydroxyl groups is 1. The van der Waals surface area contributed by atoms with E-state index >= 15 is 0 Å². The molecule has 2 saturated heterocycles. The molecule has 2 heterocycles.